The van der Waals surface area contributed by atoms with Crippen LogP contribution in [-0.2, 0) is 6.54 Å². The van der Waals surface area contributed by atoms with Crippen molar-refractivity contribution in [3.05, 3.63) is 35.4 Å². The summed E-state index contributed by atoms with van der Waals surface area (Å²) in [4.78, 5) is 22.6. The lowest BCUT2D eigenvalue weighted by Gasteiger charge is -2.31. The zero-order valence-corrected chi connectivity index (χ0v) is 11.6. The number of carboxylic acids is 1. The third-order valence-corrected chi connectivity index (χ3v) is 3.84. The lowest BCUT2D eigenvalue weighted by atomic mass is 9.80. The van der Waals surface area contributed by atoms with E-state index < -0.39 is 5.97 Å². The molecule has 0 aromatic heterocycles. The van der Waals surface area contributed by atoms with Gasteiger partial charge in [0.05, 0.1) is 5.56 Å². The Hall–Kier alpha value is -2.04. The lowest BCUT2D eigenvalue weighted by Crippen LogP contribution is -2.45. The number of hydrogen-bond donors (Lipinski definition) is 3. The van der Waals surface area contributed by atoms with Crippen molar-refractivity contribution in [3.63, 3.8) is 0 Å². The summed E-state index contributed by atoms with van der Waals surface area (Å²) in [6.07, 6.45) is 3.62. The van der Waals surface area contributed by atoms with E-state index in [-0.39, 0.29) is 17.6 Å². The second-order valence-corrected chi connectivity index (χ2v) is 5.31. The van der Waals surface area contributed by atoms with Gasteiger partial charge in [0, 0.05) is 12.6 Å². The molecule has 1 aliphatic rings. The van der Waals surface area contributed by atoms with Crippen molar-refractivity contribution in [1.82, 2.24) is 10.6 Å². The first-order valence-electron chi connectivity index (χ1n) is 6.93. The number of nitrogens with one attached hydrogen (secondary N) is 2. The van der Waals surface area contributed by atoms with Gasteiger partial charge in [0.15, 0.2) is 0 Å². The van der Waals surface area contributed by atoms with E-state index in [1.807, 2.05) is 6.92 Å². The minimum Gasteiger partial charge on any atom is -0.478 e. The molecule has 1 saturated carbocycles. The van der Waals surface area contributed by atoms with Crippen molar-refractivity contribution in [2.24, 2.45) is 5.92 Å². The SMILES string of the molecule is CC(NC(=O)NCc1cccc(C(=O)O)c1)C1CCC1. The first-order chi connectivity index (χ1) is 9.56. The normalized spacial score (nSPS) is 16.1. The summed E-state index contributed by atoms with van der Waals surface area (Å²) < 4.78 is 0. The van der Waals surface area contributed by atoms with E-state index in [1.54, 1.807) is 18.2 Å². The maximum Gasteiger partial charge on any atom is 0.335 e. The van der Waals surface area contributed by atoms with Crippen molar-refractivity contribution < 1.29 is 14.7 Å². The van der Waals surface area contributed by atoms with Crippen molar-refractivity contribution in [2.45, 2.75) is 38.8 Å². The Morgan fingerprint density at radius 2 is 2.15 bits per heavy atom. The predicted octanol–water partition coefficient (Wildman–Crippen LogP) is 2.37. The lowest BCUT2D eigenvalue weighted by molar-refractivity contribution is 0.0696. The van der Waals surface area contributed by atoms with E-state index in [1.165, 1.54) is 25.3 Å². The molecule has 108 valence electrons. The molecule has 20 heavy (non-hydrogen) atoms. The summed E-state index contributed by atoms with van der Waals surface area (Å²) in [6, 6.07) is 6.55. The molecule has 2 amide bonds. The molecule has 0 spiro atoms. The van der Waals surface area contributed by atoms with Crippen LogP contribution >= 0.6 is 0 Å². The first-order valence-corrected chi connectivity index (χ1v) is 6.93. The summed E-state index contributed by atoms with van der Waals surface area (Å²) in [5.74, 6) is -0.369. The molecule has 0 heterocycles. The van der Waals surface area contributed by atoms with E-state index in [4.69, 9.17) is 5.11 Å². The van der Waals surface area contributed by atoms with Crippen LogP contribution < -0.4 is 10.6 Å². The molecule has 5 nitrogen and oxygen atoms in total. The zero-order valence-electron chi connectivity index (χ0n) is 11.6. The van der Waals surface area contributed by atoms with Gasteiger partial charge in [-0.2, -0.15) is 0 Å². The Bertz CT molecular complexity index is 498. The summed E-state index contributed by atoms with van der Waals surface area (Å²) >= 11 is 0. The summed E-state index contributed by atoms with van der Waals surface area (Å²) in [6.45, 7) is 2.35. The Morgan fingerprint density at radius 3 is 2.75 bits per heavy atom. The number of amides is 2. The maximum atomic E-state index is 11.8. The van der Waals surface area contributed by atoms with Crippen LogP contribution in [0.1, 0.15) is 42.1 Å². The van der Waals surface area contributed by atoms with Gasteiger partial charge in [-0.05, 0) is 43.4 Å². The van der Waals surface area contributed by atoms with Crippen LogP contribution in [0.15, 0.2) is 24.3 Å². The largest absolute Gasteiger partial charge is 0.478 e. The average molecular weight is 276 g/mol. The number of carbonyl (C=O) groups is 2. The van der Waals surface area contributed by atoms with Crippen LogP contribution in [0.4, 0.5) is 4.79 Å². The van der Waals surface area contributed by atoms with E-state index >= 15 is 0 Å². The summed E-state index contributed by atoms with van der Waals surface area (Å²) in [7, 11) is 0. The van der Waals surface area contributed by atoms with Gasteiger partial charge in [0.25, 0.3) is 0 Å². The number of aromatic carboxylic acids is 1. The van der Waals surface area contributed by atoms with Crippen LogP contribution in [-0.4, -0.2) is 23.1 Å². The van der Waals surface area contributed by atoms with Gasteiger partial charge in [0.2, 0.25) is 0 Å². The molecular formula is C15H20N2O3. The molecule has 0 bridgehead atoms. The van der Waals surface area contributed by atoms with Crippen molar-refractivity contribution in [1.29, 1.82) is 0 Å². The number of urea groups is 1. The van der Waals surface area contributed by atoms with E-state index in [0.717, 1.165) is 5.56 Å². The minimum atomic E-state index is -0.963. The molecule has 0 saturated heterocycles. The number of hydrogen-bond acceptors (Lipinski definition) is 2. The minimum absolute atomic E-state index is 0.189. The number of rotatable bonds is 5. The fourth-order valence-electron chi connectivity index (χ4n) is 2.31. The topological polar surface area (TPSA) is 78.4 Å². The Kier molecular flexibility index (Phi) is 4.61. The number of carbonyl (C=O) groups excluding carboxylic acids is 1. The van der Waals surface area contributed by atoms with Crippen molar-refractivity contribution in [2.75, 3.05) is 0 Å². The van der Waals surface area contributed by atoms with Crippen LogP contribution in [0.2, 0.25) is 0 Å². The quantitative estimate of drug-likeness (QED) is 0.772. The molecule has 1 unspecified atom stereocenters. The molecular weight excluding hydrogens is 256 g/mol. The second-order valence-electron chi connectivity index (χ2n) is 5.31. The summed E-state index contributed by atoms with van der Waals surface area (Å²) in [5, 5.41) is 14.6. The standard InChI is InChI=1S/C15H20N2O3/c1-10(12-5-3-6-12)17-15(20)16-9-11-4-2-7-13(8-11)14(18)19/h2,4,7-8,10,12H,3,5-6,9H2,1H3,(H,18,19)(H2,16,17,20). The van der Waals surface area contributed by atoms with Crippen molar-refractivity contribution >= 4 is 12.0 Å². The molecule has 1 fully saturated rings. The Labute approximate surface area is 118 Å². The molecule has 5 heteroatoms. The Morgan fingerprint density at radius 1 is 1.40 bits per heavy atom. The highest BCUT2D eigenvalue weighted by Crippen LogP contribution is 2.29. The number of carboxylic acid groups (broad SMARTS) is 1. The van der Waals surface area contributed by atoms with Gasteiger partial charge in [-0.15, -0.1) is 0 Å². The van der Waals surface area contributed by atoms with E-state index in [2.05, 4.69) is 10.6 Å². The fraction of sp³-hybridized carbons (Fsp3) is 0.467. The van der Waals surface area contributed by atoms with Crippen LogP contribution in [0.3, 0.4) is 0 Å². The van der Waals surface area contributed by atoms with Gasteiger partial charge in [0.1, 0.15) is 0 Å². The van der Waals surface area contributed by atoms with Crippen LogP contribution in [0, 0.1) is 5.92 Å². The number of benzene rings is 1. The third-order valence-electron chi connectivity index (χ3n) is 3.84. The van der Waals surface area contributed by atoms with Gasteiger partial charge in [-0.25, -0.2) is 9.59 Å². The third kappa shape index (κ3) is 3.73. The Balaban J connectivity index is 1.80. The molecule has 3 N–H and O–H groups in total. The molecule has 1 aliphatic carbocycles. The van der Waals surface area contributed by atoms with Gasteiger partial charge < -0.3 is 15.7 Å². The van der Waals surface area contributed by atoms with Crippen LogP contribution in [0.25, 0.3) is 0 Å². The van der Waals surface area contributed by atoms with Crippen molar-refractivity contribution in [3.8, 4) is 0 Å². The van der Waals surface area contributed by atoms with Gasteiger partial charge in [-0.3, -0.25) is 0 Å². The van der Waals surface area contributed by atoms with E-state index in [0.29, 0.717) is 12.5 Å². The molecule has 1 aromatic carbocycles. The molecule has 2 rings (SSSR count). The highest BCUT2D eigenvalue weighted by molar-refractivity contribution is 5.87. The maximum absolute atomic E-state index is 11.8. The molecule has 0 aliphatic heterocycles. The molecule has 1 aromatic rings. The first kappa shape index (κ1) is 14.4. The molecule has 0 radical (unpaired) electrons. The van der Waals surface area contributed by atoms with E-state index in [9.17, 15) is 9.59 Å². The monoisotopic (exact) mass is 276 g/mol. The highest BCUT2D eigenvalue weighted by Gasteiger charge is 2.24. The van der Waals surface area contributed by atoms with Gasteiger partial charge >= 0.3 is 12.0 Å². The molecule has 1 atom stereocenters. The van der Waals surface area contributed by atoms with Gasteiger partial charge in [-0.1, -0.05) is 18.6 Å². The second kappa shape index (κ2) is 6.41. The van der Waals surface area contributed by atoms with Crippen LogP contribution in [0.5, 0.6) is 0 Å². The predicted molar refractivity (Wildman–Crippen MR) is 75.6 cm³/mol. The zero-order chi connectivity index (χ0) is 14.5. The average Bonchev–Trinajstić information content (AvgIpc) is 2.34. The highest BCUT2D eigenvalue weighted by atomic mass is 16.4. The smallest absolute Gasteiger partial charge is 0.335 e. The summed E-state index contributed by atoms with van der Waals surface area (Å²) in [5.41, 5.74) is 1.00. The fourth-order valence-corrected chi connectivity index (χ4v) is 2.31.